The third kappa shape index (κ3) is 7.49. The minimum absolute atomic E-state index is 0.00639. The second-order valence-corrected chi connectivity index (χ2v) is 10.3. The lowest BCUT2D eigenvalue weighted by atomic mass is 9.94. The van der Waals surface area contributed by atoms with Crippen LogP contribution in [-0.4, -0.2) is 35.4 Å². The minimum Gasteiger partial charge on any atom is -0.481 e. The van der Waals surface area contributed by atoms with E-state index in [-0.39, 0.29) is 30.7 Å². The smallest absolute Gasteiger partial charge is 0.261 e. The molecule has 8 heteroatoms. The number of benzene rings is 3. The number of para-hydroxylation sites is 1. The van der Waals surface area contributed by atoms with Gasteiger partial charge in [-0.3, -0.25) is 9.59 Å². The summed E-state index contributed by atoms with van der Waals surface area (Å²) in [5.41, 5.74) is 1.42. The Morgan fingerprint density at radius 3 is 2.26 bits per heavy atom. The summed E-state index contributed by atoms with van der Waals surface area (Å²) in [4.78, 5) is 28.9. The number of halogens is 3. The fourth-order valence-electron chi connectivity index (χ4n) is 4.74. The van der Waals surface area contributed by atoms with E-state index in [9.17, 15) is 14.0 Å². The molecule has 1 atom stereocenters. The summed E-state index contributed by atoms with van der Waals surface area (Å²) in [6.07, 6.45) is 5.37. The molecule has 1 aliphatic carbocycles. The molecule has 0 saturated heterocycles. The predicted octanol–water partition coefficient (Wildman–Crippen LogP) is 6.60. The van der Waals surface area contributed by atoms with Crippen molar-refractivity contribution in [3.8, 4) is 5.75 Å². The van der Waals surface area contributed by atoms with Crippen molar-refractivity contribution in [3.63, 3.8) is 0 Å². The van der Waals surface area contributed by atoms with Gasteiger partial charge in [0.1, 0.15) is 6.04 Å². The van der Waals surface area contributed by atoms with Crippen LogP contribution in [0.25, 0.3) is 0 Å². The summed E-state index contributed by atoms with van der Waals surface area (Å²) in [6.45, 7) is -0.460. The standard InChI is InChI=1S/C30H31Cl2FN2O3/c31-24-14-9-15-25(32)23(24)19-35(29(36)20-38-28-17-8-7-16-26(28)33)27(18-21-10-3-1-4-11-21)30(37)34-22-12-5-2-6-13-22/h1,3-4,7-11,14-17,22,27H,2,5-6,12-13,18-20H2,(H,34,37)/t27-/m0/s1. The Labute approximate surface area is 232 Å². The largest absolute Gasteiger partial charge is 0.481 e. The Kier molecular flexibility index (Phi) is 10.0. The van der Waals surface area contributed by atoms with Crippen molar-refractivity contribution in [2.24, 2.45) is 0 Å². The van der Waals surface area contributed by atoms with Crippen molar-refractivity contribution >= 4 is 35.0 Å². The van der Waals surface area contributed by atoms with Gasteiger partial charge in [0.25, 0.3) is 5.91 Å². The highest BCUT2D eigenvalue weighted by atomic mass is 35.5. The second-order valence-electron chi connectivity index (χ2n) is 9.49. The maximum Gasteiger partial charge on any atom is 0.261 e. The van der Waals surface area contributed by atoms with Crippen LogP contribution in [-0.2, 0) is 22.6 Å². The molecule has 0 heterocycles. The van der Waals surface area contributed by atoms with Crippen molar-refractivity contribution in [1.82, 2.24) is 10.2 Å². The first kappa shape index (κ1) is 27.9. The number of hydrogen-bond donors (Lipinski definition) is 1. The van der Waals surface area contributed by atoms with Gasteiger partial charge >= 0.3 is 0 Å². The number of amides is 2. The van der Waals surface area contributed by atoms with E-state index in [4.69, 9.17) is 27.9 Å². The molecular weight excluding hydrogens is 526 g/mol. The molecule has 0 aromatic heterocycles. The van der Waals surface area contributed by atoms with Crippen LogP contribution in [0.1, 0.15) is 43.2 Å². The van der Waals surface area contributed by atoms with Crippen LogP contribution < -0.4 is 10.1 Å². The normalized spacial score (nSPS) is 14.5. The van der Waals surface area contributed by atoms with Crippen LogP contribution in [0.3, 0.4) is 0 Å². The second kappa shape index (κ2) is 13.6. The monoisotopic (exact) mass is 556 g/mol. The highest BCUT2D eigenvalue weighted by molar-refractivity contribution is 6.36. The summed E-state index contributed by atoms with van der Waals surface area (Å²) < 4.78 is 19.7. The van der Waals surface area contributed by atoms with Crippen molar-refractivity contribution in [1.29, 1.82) is 0 Å². The zero-order valence-corrected chi connectivity index (χ0v) is 22.6. The molecule has 5 nitrogen and oxygen atoms in total. The number of carbonyl (C=O) groups excluding carboxylic acids is 2. The van der Waals surface area contributed by atoms with Gasteiger partial charge < -0.3 is 15.0 Å². The third-order valence-corrected chi connectivity index (χ3v) is 7.51. The fourth-order valence-corrected chi connectivity index (χ4v) is 5.25. The third-order valence-electron chi connectivity index (χ3n) is 6.80. The van der Waals surface area contributed by atoms with Gasteiger partial charge in [0, 0.05) is 34.6 Å². The molecule has 0 bridgehead atoms. The zero-order chi connectivity index (χ0) is 26.9. The SMILES string of the molecule is O=C(NC1CCCCC1)[C@H](Cc1ccccc1)N(Cc1c(Cl)cccc1Cl)C(=O)COc1ccccc1F. The summed E-state index contributed by atoms with van der Waals surface area (Å²) >= 11 is 12.9. The molecular formula is C30H31Cl2FN2O3. The van der Waals surface area contributed by atoms with E-state index in [1.54, 1.807) is 30.3 Å². The molecule has 1 aliphatic rings. The number of nitrogens with one attached hydrogen (secondary N) is 1. The first-order chi connectivity index (χ1) is 18.4. The van der Waals surface area contributed by atoms with Gasteiger partial charge in [-0.15, -0.1) is 0 Å². The van der Waals surface area contributed by atoms with E-state index >= 15 is 0 Å². The lowest BCUT2D eigenvalue weighted by Crippen LogP contribution is -2.53. The molecule has 0 aliphatic heterocycles. The number of nitrogens with zero attached hydrogens (tertiary/aromatic N) is 1. The van der Waals surface area contributed by atoms with Gasteiger partial charge in [-0.1, -0.05) is 91.0 Å². The molecule has 38 heavy (non-hydrogen) atoms. The quantitative estimate of drug-likeness (QED) is 0.306. The van der Waals surface area contributed by atoms with Gasteiger partial charge in [-0.2, -0.15) is 0 Å². The van der Waals surface area contributed by atoms with E-state index in [2.05, 4.69) is 5.32 Å². The van der Waals surface area contributed by atoms with Gasteiger partial charge in [-0.25, -0.2) is 4.39 Å². The van der Waals surface area contributed by atoms with E-state index in [1.165, 1.54) is 17.0 Å². The average molecular weight is 557 g/mol. The Bertz CT molecular complexity index is 1210. The minimum atomic E-state index is -0.858. The molecule has 3 aromatic carbocycles. The highest BCUT2D eigenvalue weighted by Gasteiger charge is 2.33. The predicted molar refractivity (Wildman–Crippen MR) is 148 cm³/mol. The maximum absolute atomic E-state index is 14.2. The van der Waals surface area contributed by atoms with Crippen molar-refractivity contribution in [2.45, 2.75) is 57.2 Å². The Hall–Kier alpha value is -3.09. The first-order valence-corrected chi connectivity index (χ1v) is 13.6. The van der Waals surface area contributed by atoms with Crippen LogP contribution in [0.2, 0.25) is 10.0 Å². The molecule has 0 spiro atoms. The molecule has 1 N–H and O–H groups in total. The number of hydrogen-bond acceptors (Lipinski definition) is 3. The summed E-state index contributed by atoms with van der Waals surface area (Å²) in [7, 11) is 0. The van der Waals surface area contributed by atoms with Gasteiger partial charge in [0.05, 0.1) is 0 Å². The molecule has 3 aromatic rings. The Morgan fingerprint density at radius 2 is 1.58 bits per heavy atom. The number of ether oxygens (including phenoxy) is 1. The molecule has 200 valence electrons. The van der Waals surface area contributed by atoms with Crippen molar-refractivity contribution in [2.75, 3.05) is 6.61 Å². The van der Waals surface area contributed by atoms with E-state index in [1.807, 2.05) is 30.3 Å². The van der Waals surface area contributed by atoms with E-state index in [0.29, 0.717) is 15.6 Å². The fraction of sp³-hybridized carbons (Fsp3) is 0.333. The van der Waals surface area contributed by atoms with Crippen LogP contribution in [0.5, 0.6) is 5.75 Å². The molecule has 1 fully saturated rings. The molecule has 2 amide bonds. The van der Waals surface area contributed by atoms with Crippen molar-refractivity contribution in [3.05, 3.63) is 99.8 Å². The van der Waals surface area contributed by atoms with Crippen LogP contribution in [0.4, 0.5) is 4.39 Å². The van der Waals surface area contributed by atoms with E-state index in [0.717, 1.165) is 37.7 Å². The summed E-state index contributed by atoms with van der Waals surface area (Å²) in [5, 5.41) is 3.94. The summed E-state index contributed by atoms with van der Waals surface area (Å²) in [6, 6.07) is 19.7. The van der Waals surface area contributed by atoms with Gasteiger partial charge in [-0.05, 0) is 42.7 Å². The first-order valence-electron chi connectivity index (χ1n) is 12.9. The molecule has 0 unspecified atom stereocenters. The lowest BCUT2D eigenvalue weighted by molar-refractivity contribution is -0.143. The molecule has 1 saturated carbocycles. The van der Waals surface area contributed by atoms with Crippen LogP contribution in [0.15, 0.2) is 72.8 Å². The van der Waals surface area contributed by atoms with Crippen LogP contribution >= 0.6 is 23.2 Å². The topological polar surface area (TPSA) is 58.6 Å². The van der Waals surface area contributed by atoms with Gasteiger partial charge in [0.15, 0.2) is 18.2 Å². The summed E-state index contributed by atoms with van der Waals surface area (Å²) in [5.74, 6) is -1.34. The van der Waals surface area contributed by atoms with E-state index < -0.39 is 24.4 Å². The highest BCUT2D eigenvalue weighted by Crippen LogP contribution is 2.28. The maximum atomic E-state index is 14.2. The van der Waals surface area contributed by atoms with Crippen molar-refractivity contribution < 1.29 is 18.7 Å². The molecule has 4 rings (SSSR count). The average Bonchev–Trinajstić information content (AvgIpc) is 2.92. The lowest BCUT2D eigenvalue weighted by Gasteiger charge is -2.33. The number of carbonyl (C=O) groups is 2. The Morgan fingerprint density at radius 1 is 0.921 bits per heavy atom. The van der Waals surface area contributed by atoms with Gasteiger partial charge in [0.2, 0.25) is 5.91 Å². The molecule has 0 radical (unpaired) electrons. The number of rotatable bonds is 10. The Balaban J connectivity index is 1.65. The van der Waals surface area contributed by atoms with Crippen LogP contribution in [0, 0.1) is 5.82 Å². The zero-order valence-electron chi connectivity index (χ0n) is 21.0.